The molecule has 1 saturated heterocycles. The molecule has 0 bridgehead atoms. The zero-order valence-electron chi connectivity index (χ0n) is 11.5. The quantitative estimate of drug-likeness (QED) is 0.852. The number of carbonyl (C=O) groups is 1. The van der Waals surface area contributed by atoms with Crippen LogP contribution < -0.4 is 10.7 Å². The van der Waals surface area contributed by atoms with Crippen LogP contribution in [0.5, 0.6) is 0 Å². The molecule has 0 aliphatic carbocycles. The molecule has 2 N–H and O–H groups in total. The Hall–Kier alpha value is -1.62. The second-order valence-corrected chi connectivity index (χ2v) is 4.84. The molecular formula is C14H22N4O. The smallest absolute Gasteiger partial charge is 0.269 e. The first-order valence-corrected chi connectivity index (χ1v) is 7.05. The lowest BCUT2D eigenvalue weighted by molar-refractivity contribution is 0.0750. The van der Waals surface area contributed by atoms with Gasteiger partial charge in [0.15, 0.2) is 0 Å². The topological polar surface area (TPSA) is 57.3 Å². The van der Waals surface area contributed by atoms with Gasteiger partial charge in [-0.05, 0) is 25.3 Å². The molecule has 1 aromatic rings. The van der Waals surface area contributed by atoms with Crippen LogP contribution in [-0.4, -0.2) is 35.5 Å². The van der Waals surface area contributed by atoms with Crippen LogP contribution in [0.15, 0.2) is 18.5 Å². The van der Waals surface area contributed by atoms with Gasteiger partial charge in [0.25, 0.3) is 5.91 Å². The lowest BCUT2D eigenvalue weighted by Crippen LogP contribution is -2.45. The molecule has 1 aromatic heterocycles. The second kappa shape index (κ2) is 7.09. The van der Waals surface area contributed by atoms with Gasteiger partial charge in [-0.1, -0.05) is 13.3 Å². The SMILES string of the molecule is CCCNc1ccncc1C(=O)NN1CCCCC1. The van der Waals surface area contributed by atoms with Crippen LogP contribution in [0.25, 0.3) is 0 Å². The maximum absolute atomic E-state index is 12.3. The molecule has 2 heterocycles. The Morgan fingerprint density at radius 3 is 2.89 bits per heavy atom. The van der Waals surface area contributed by atoms with Gasteiger partial charge in [-0.2, -0.15) is 0 Å². The zero-order chi connectivity index (χ0) is 13.5. The van der Waals surface area contributed by atoms with E-state index in [-0.39, 0.29) is 5.91 Å². The van der Waals surface area contributed by atoms with Gasteiger partial charge in [-0.25, -0.2) is 5.01 Å². The van der Waals surface area contributed by atoms with Crippen molar-refractivity contribution in [2.24, 2.45) is 0 Å². The van der Waals surface area contributed by atoms with E-state index in [0.29, 0.717) is 5.56 Å². The van der Waals surface area contributed by atoms with Gasteiger partial charge in [0, 0.05) is 32.0 Å². The fraction of sp³-hybridized carbons (Fsp3) is 0.571. The van der Waals surface area contributed by atoms with Crippen molar-refractivity contribution in [1.29, 1.82) is 0 Å². The minimum atomic E-state index is -0.0754. The fourth-order valence-electron chi connectivity index (χ4n) is 2.20. The molecule has 2 rings (SSSR count). The van der Waals surface area contributed by atoms with E-state index in [9.17, 15) is 4.79 Å². The van der Waals surface area contributed by atoms with Crippen molar-refractivity contribution in [3.8, 4) is 0 Å². The van der Waals surface area contributed by atoms with E-state index < -0.39 is 0 Å². The molecule has 5 heteroatoms. The van der Waals surface area contributed by atoms with Crippen LogP contribution >= 0.6 is 0 Å². The average Bonchev–Trinajstić information content (AvgIpc) is 2.46. The highest BCUT2D eigenvalue weighted by Crippen LogP contribution is 2.14. The number of hydrazine groups is 1. The van der Waals surface area contributed by atoms with Gasteiger partial charge in [0.05, 0.1) is 11.3 Å². The molecule has 0 atom stereocenters. The predicted octanol–water partition coefficient (Wildman–Crippen LogP) is 2.03. The first-order valence-electron chi connectivity index (χ1n) is 7.05. The summed E-state index contributed by atoms with van der Waals surface area (Å²) in [6.07, 6.45) is 7.90. The summed E-state index contributed by atoms with van der Waals surface area (Å²) < 4.78 is 0. The second-order valence-electron chi connectivity index (χ2n) is 4.84. The monoisotopic (exact) mass is 262 g/mol. The number of aromatic nitrogens is 1. The summed E-state index contributed by atoms with van der Waals surface area (Å²) >= 11 is 0. The number of piperidine rings is 1. The Labute approximate surface area is 114 Å². The number of nitrogens with one attached hydrogen (secondary N) is 2. The summed E-state index contributed by atoms with van der Waals surface area (Å²) in [7, 11) is 0. The summed E-state index contributed by atoms with van der Waals surface area (Å²) in [6.45, 7) is 4.82. The molecule has 19 heavy (non-hydrogen) atoms. The molecule has 1 aliphatic rings. The first-order chi connectivity index (χ1) is 9.31. The van der Waals surface area contributed by atoms with Gasteiger partial charge in [0.2, 0.25) is 0 Å². The van der Waals surface area contributed by atoms with Crippen LogP contribution in [-0.2, 0) is 0 Å². The standard InChI is InChI=1S/C14H22N4O/c1-2-7-16-13-6-8-15-11-12(13)14(19)17-18-9-4-3-5-10-18/h6,8,11H,2-5,7,9-10H2,1H3,(H,15,16)(H,17,19). The molecule has 1 fully saturated rings. The largest absolute Gasteiger partial charge is 0.384 e. The minimum Gasteiger partial charge on any atom is -0.384 e. The summed E-state index contributed by atoms with van der Waals surface area (Å²) in [6, 6.07) is 1.85. The third kappa shape index (κ3) is 3.92. The lowest BCUT2D eigenvalue weighted by atomic mass is 10.1. The molecule has 0 unspecified atom stereocenters. The Morgan fingerprint density at radius 1 is 1.37 bits per heavy atom. The molecule has 1 aliphatic heterocycles. The molecule has 1 amide bonds. The number of carbonyl (C=O) groups excluding carboxylic acids is 1. The van der Waals surface area contributed by atoms with Crippen LogP contribution in [0.4, 0.5) is 5.69 Å². The summed E-state index contributed by atoms with van der Waals surface area (Å²) in [5.74, 6) is -0.0754. The number of amides is 1. The highest BCUT2D eigenvalue weighted by molar-refractivity contribution is 5.98. The first kappa shape index (κ1) is 13.8. The number of hydrogen-bond donors (Lipinski definition) is 2. The lowest BCUT2D eigenvalue weighted by Gasteiger charge is -2.27. The summed E-state index contributed by atoms with van der Waals surface area (Å²) in [5.41, 5.74) is 4.43. The van der Waals surface area contributed by atoms with Gasteiger partial charge in [0.1, 0.15) is 0 Å². The number of rotatable bonds is 5. The minimum absolute atomic E-state index is 0.0754. The highest BCUT2D eigenvalue weighted by Gasteiger charge is 2.16. The van der Waals surface area contributed by atoms with Crippen molar-refractivity contribution in [1.82, 2.24) is 15.4 Å². The summed E-state index contributed by atoms with van der Waals surface area (Å²) in [4.78, 5) is 16.3. The molecule has 0 saturated carbocycles. The van der Waals surface area contributed by atoms with Crippen molar-refractivity contribution in [3.63, 3.8) is 0 Å². The Balaban J connectivity index is 2.00. The maximum atomic E-state index is 12.3. The zero-order valence-corrected chi connectivity index (χ0v) is 11.5. The van der Waals surface area contributed by atoms with Gasteiger partial charge >= 0.3 is 0 Å². The molecule has 0 aromatic carbocycles. The third-order valence-electron chi connectivity index (χ3n) is 3.25. The predicted molar refractivity (Wildman–Crippen MR) is 75.9 cm³/mol. The van der Waals surface area contributed by atoms with Gasteiger partial charge in [-0.3, -0.25) is 15.2 Å². The van der Waals surface area contributed by atoms with E-state index in [1.165, 1.54) is 6.42 Å². The Morgan fingerprint density at radius 2 is 2.16 bits per heavy atom. The van der Waals surface area contributed by atoms with Crippen LogP contribution in [0, 0.1) is 0 Å². The highest BCUT2D eigenvalue weighted by atomic mass is 16.2. The Kier molecular flexibility index (Phi) is 5.15. The third-order valence-corrected chi connectivity index (χ3v) is 3.25. The molecular weight excluding hydrogens is 240 g/mol. The summed E-state index contributed by atoms with van der Waals surface area (Å²) in [5, 5.41) is 5.26. The van der Waals surface area contributed by atoms with Crippen molar-refractivity contribution in [3.05, 3.63) is 24.0 Å². The number of nitrogens with zero attached hydrogens (tertiary/aromatic N) is 2. The molecule has 0 radical (unpaired) electrons. The van der Waals surface area contributed by atoms with E-state index in [1.54, 1.807) is 12.4 Å². The van der Waals surface area contributed by atoms with Crippen molar-refractivity contribution in [2.75, 3.05) is 25.0 Å². The van der Waals surface area contributed by atoms with E-state index in [1.807, 2.05) is 11.1 Å². The van der Waals surface area contributed by atoms with Gasteiger partial charge in [-0.15, -0.1) is 0 Å². The fourth-order valence-corrected chi connectivity index (χ4v) is 2.20. The Bertz CT molecular complexity index is 416. The van der Waals surface area contributed by atoms with Crippen molar-refractivity contribution in [2.45, 2.75) is 32.6 Å². The number of anilines is 1. The van der Waals surface area contributed by atoms with Crippen LogP contribution in [0.3, 0.4) is 0 Å². The molecule has 0 spiro atoms. The van der Waals surface area contributed by atoms with E-state index in [4.69, 9.17) is 0 Å². The average molecular weight is 262 g/mol. The van der Waals surface area contributed by atoms with E-state index in [2.05, 4.69) is 22.7 Å². The normalized spacial score (nSPS) is 16.1. The van der Waals surface area contributed by atoms with Crippen molar-refractivity contribution < 1.29 is 4.79 Å². The van der Waals surface area contributed by atoms with Gasteiger partial charge < -0.3 is 5.32 Å². The molecule has 5 nitrogen and oxygen atoms in total. The van der Waals surface area contributed by atoms with Crippen molar-refractivity contribution >= 4 is 11.6 Å². The van der Waals surface area contributed by atoms with Crippen LogP contribution in [0.1, 0.15) is 43.0 Å². The maximum Gasteiger partial charge on any atom is 0.269 e. The number of pyridine rings is 1. The number of hydrogen-bond acceptors (Lipinski definition) is 4. The molecule has 104 valence electrons. The van der Waals surface area contributed by atoms with E-state index in [0.717, 1.165) is 44.6 Å². The van der Waals surface area contributed by atoms with E-state index >= 15 is 0 Å². The van der Waals surface area contributed by atoms with Crippen LogP contribution in [0.2, 0.25) is 0 Å².